The average molecular weight is 395 g/mol. The summed E-state index contributed by atoms with van der Waals surface area (Å²) in [5, 5.41) is 4.38. The van der Waals surface area contributed by atoms with Gasteiger partial charge in [0.25, 0.3) is 0 Å². The molecule has 0 unspecified atom stereocenters. The van der Waals surface area contributed by atoms with Crippen LogP contribution in [0.1, 0.15) is 19.8 Å². The van der Waals surface area contributed by atoms with Gasteiger partial charge in [0.05, 0.1) is 26.3 Å². The molecule has 9 heteroatoms. The maximum absolute atomic E-state index is 11.8. The first kappa shape index (κ1) is 19.3. The number of fused-ring (bicyclic) bond motifs is 1. The van der Waals surface area contributed by atoms with Crippen LogP contribution in [-0.2, 0) is 4.74 Å². The summed E-state index contributed by atoms with van der Waals surface area (Å²) in [6.07, 6.45) is 1.31. The number of halogens is 1. The number of hydrogen-bond acceptors (Lipinski definition) is 7. The average Bonchev–Trinajstić information content (AvgIpc) is 2.67. The molecule has 1 N–H and O–H groups in total. The van der Waals surface area contributed by atoms with Crippen molar-refractivity contribution in [3.63, 3.8) is 0 Å². The van der Waals surface area contributed by atoms with Crippen molar-refractivity contribution in [1.82, 2.24) is 14.9 Å². The number of hydrogen-bond donors (Lipinski definition) is 1. The number of nitrogens with zero attached hydrogens (tertiary/aromatic N) is 3. The number of carbonyl (C=O) groups is 1. The van der Waals surface area contributed by atoms with E-state index in [4.69, 9.17) is 25.8 Å². The summed E-state index contributed by atoms with van der Waals surface area (Å²) >= 11 is 6.11. The lowest BCUT2D eigenvalue weighted by Gasteiger charge is -2.32. The van der Waals surface area contributed by atoms with Gasteiger partial charge in [-0.2, -0.15) is 0 Å². The number of amides is 1. The zero-order valence-electron chi connectivity index (χ0n) is 15.6. The molecule has 1 aromatic heterocycles. The number of nitrogens with one attached hydrogen (secondary N) is 1. The lowest BCUT2D eigenvalue weighted by atomic mass is 10.1. The summed E-state index contributed by atoms with van der Waals surface area (Å²) in [6.45, 7) is 3.45. The molecule has 146 valence electrons. The minimum atomic E-state index is -0.261. The van der Waals surface area contributed by atoms with E-state index >= 15 is 0 Å². The first-order valence-corrected chi connectivity index (χ1v) is 9.21. The predicted molar refractivity (Wildman–Crippen MR) is 103 cm³/mol. The zero-order chi connectivity index (χ0) is 19.4. The van der Waals surface area contributed by atoms with E-state index in [2.05, 4.69) is 15.3 Å². The van der Waals surface area contributed by atoms with Crippen LogP contribution < -0.4 is 14.8 Å². The number of ether oxygens (including phenoxy) is 3. The summed E-state index contributed by atoms with van der Waals surface area (Å²) in [4.78, 5) is 22.2. The number of carbonyl (C=O) groups excluding carboxylic acids is 1. The van der Waals surface area contributed by atoms with Crippen molar-refractivity contribution >= 4 is 34.4 Å². The molecule has 1 fully saturated rings. The summed E-state index contributed by atoms with van der Waals surface area (Å²) in [5.74, 6) is 1.81. The molecular weight excluding hydrogens is 372 g/mol. The number of aromatic nitrogens is 2. The van der Waals surface area contributed by atoms with Crippen LogP contribution in [0.5, 0.6) is 11.5 Å². The van der Waals surface area contributed by atoms with E-state index in [1.807, 2.05) is 6.07 Å². The molecule has 1 aromatic carbocycles. The van der Waals surface area contributed by atoms with Crippen molar-refractivity contribution in [2.45, 2.75) is 25.8 Å². The summed E-state index contributed by atoms with van der Waals surface area (Å²) in [5.41, 5.74) is 0.666. The highest BCUT2D eigenvalue weighted by Gasteiger charge is 2.24. The Kier molecular flexibility index (Phi) is 6.05. The van der Waals surface area contributed by atoms with Gasteiger partial charge in [0.2, 0.25) is 5.28 Å². The molecule has 1 aliphatic rings. The Morgan fingerprint density at radius 1 is 1.22 bits per heavy atom. The highest BCUT2D eigenvalue weighted by atomic mass is 35.5. The van der Waals surface area contributed by atoms with Crippen LogP contribution in [-0.4, -0.2) is 60.9 Å². The van der Waals surface area contributed by atoms with Crippen molar-refractivity contribution < 1.29 is 19.0 Å². The lowest BCUT2D eigenvalue weighted by Crippen LogP contribution is -2.42. The molecule has 1 saturated heterocycles. The molecule has 0 aliphatic carbocycles. The first-order valence-electron chi connectivity index (χ1n) is 8.83. The number of anilines is 1. The van der Waals surface area contributed by atoms with E-state index in [1.165, 1.54) is 0 Å². The Balaban J connectivity index is 1.80. The monoisotopic (exact) mass is 394 g/mol. The molecular formula is C18H23ClN4O4. The molecule has 1 amide bonds. The molecule has 0 radical (unpaired) electrons. The van der Waals surface area contributed by atoms with Gasteiger partial charge in [-0.15, -0.1) is 0 Å². The smallest absolute Gasteiger partial charge is 0.409 e. The van der Waals surface area contributed by atoms with E-state index in [9.17, 15) is 4.79 Å². The van der Waals surface area contributed by atoms with Crippen LogP contribution in [0.2, 0.25) is 5.28 Å². The fourth-order valence-corrected chi connectivity index (χ4v) is 3.33. The molecule has 27 heavy (non-hydrogen) atoms. The number of rotatable bonds is 5. The maximum atomic E-state index is 11.8. The number of methoxy groups -OCH3 is 2. The standard InChI is InChI=1S/C18H23ClN4O4/c1-4-27-18(24)23-7-5-11(6-8-23)20-16-12-9-14(25-2)15(26-3)10-13(12)21-17(19)22-16/h9-11H,4-8H2,1-3H3,(H,20,21,22). The Hall–Kier alpha value is -2.48. The molecule has 0 saturated carbocycles. The van der Waals surface area contributed by atoms with Crippen LogP contribution in [0.15, 0.2) is 12.1 Å². The van der Waals surface area contributed by atoms with Crippen molar-refractivity contribution in [3.8, 4) is 11.5 Å². The van der Waals surface area contributed by atoms with Gasteiger partial charge in [0.15, 0.2) is 11.5 Å². The van der Waals surface area contributed by atoms with Crippen molar-refractivity contribution in [2.75, 3.05) is 39.2 Å². The van der Waals surface area contributed by atoms with Gasteiger partial charge >= 0.3 is 6.09 Å². The summed E-state index contributed by atoms with van der Waals surface area (Å²) < 4.78 is 15.8. The third kappa shape index (κ3) is 4.27. The number of likely N-dealkylation sites (tertiary alicyclic amines) is 1. The molecule has 3 rings (SSSR count). The largest absolute Gasteiger partial charge is 0.493 e. The fraction of sp³-hybridized carbons (Fsp3) is 0.500. The molecule has 0 spiro atoms. The van der Waals surface area contributed by atoms with Crippen LogP contribution in [0, 0.1) is 0 Å². The normalized spacial score (nSPS) is 14.9. The maximum Gasteiger partial charge on any atom is 0.409 e. The van der Waals surface area contributed by atoms with Gasteiger partial charge in [0.1, 0.15) is 5.82 Å². The van der Waals surface area contributed by atoms with E-state index in [1.54, 1.807) is 32.1 Å². The highest BCUT2D eigenvalue weighted by molar-refractivity contribution is 6.28. The number of piperidine rings is 1. The summed E-state index contributed by atoms with van der Waals surface area (Å²) in [7, 11) is 3.15. The van der Waals surface area contributed by atoms with Gasteiger partial charge in [-0.05, 0) is 37.4 Å². The Morgan fingerprint density at radius 2 is 1.89 bits per heavy atom. The molecule has 1 aliphatic heterocycles. The van der Waals surface area contributed by atoms with Crippen LogP contribution in [0.4, 0.5) is 10.6 Å². The van der Waals surface area contributed by atoms with E-state index in [0.29, 0.717) is 42.5 Å². The van der Waals surface area contributed by atoms with Crippen LogP contribution in [0.3, 0.4) is 0 Å². The molecule has 2 heterocycles. The fourth-order valence-electron chi connectivity index (χ4n) is 3.15. The quantitative estimate of drug-likeness (QED) is 0.778. The van der Waals surface area contributed by atoms with Gasteiger partial charge in [-0.1, -0.05) is 0 Å². The topological polar surface area (TPSA) is 85.8 Å². The van der Waals surface area contributed by atoms with E-state index < -0.39 is 0 Å². The molecule has 2 aromatic rings. The van der Waals surface area contributed by atoms with E-state index in [0.717, 1.165) is 18.2 Å². The molecule has 0 bridgehead atoms. The van der Waals surface area contributed by atoms with Crippen molar-refractivity contribution in [1.29, 1.82) is 0 Å². The third-order valence-corrected chi connectivity index (χ3v) is 4.70. The van der Waals surface area contributed by atoms with Crippen molar-refractivity contribution in [3.05, 3.63) is 17.4 Å². The molecule has 8 nitrogen and oxygen atoms in total. The van der Waals surface area contributed by atoms with Gasteiger partial charge in [0, 0.05) is 30.6 Å². The first-order chi connectivity index (χ1) is 13.0. The van der Waals surface area contributed by atoms with Gasteiger partial charge < -0.3 is 24.4 Å². The van der Waals surface area contributed by atoms with Crippen LogP contribution >= 0.6 is 11.6 Å². The highest BCUT2D eigenvalue weighted by Crippen LogP contribution is 2.35. The Morgan fingerprint density at radius 3 is 2.52 bits per heavy atom. The SMILES string of the molecule is CCOC(=O)N1CCC(Nc2nc(Cl)nc3cc(OC)c(OC)cc23)CC1. The van der Waals surface area contributed by atoms with Crippen molar-refractivity contribution in [2.24, 2.45) is 0 Å². The van der Waals surface area contributed by atoms with Crippen LogP contribution in [0.25, 0.3) is 10.9 Å². The minimum Gasteiger partial charge on any atom is -0.493 e. The second-order valence-electron chi connectivity index (χ2n) is 6.17. The Bertz CT molecular complexity index is 825. The molecule has 0 atom stereocenters. The third-order valence-electron chi connectivity index (χ3n) is 4.54. The lowest BCUT2D eigenvalue weighted by molar-refractivity contribution is 0.0983. The summed E-state index contributed by atoms with van der Waals surface area (Å²) in [6, 6.07) is 3.77. The predicted octanol–water partition coefficient (Wildman–Crippen LogP) is 3.33. The Labute approximate surface area is 162 Å². The van der Waals surface area contributed by atoms with Gasteiger partial charge in [-0.25, -0.2) is 14.8 Å². The zero-order valence-corrected chi connectivity index (χ0v) is 16.4. The second-order valence-corrected chi connectivity index (χ2v) is 6.51. The minimum absolute atomic E-state index is 0.154. The second kappa shape index (κ2) is 8.47. The van der Waals surface area contributed by atoms with Gasteiger partial charge in [-0.3, -0.25) is 0 Å². The number of benzene rings is 1. The van der Waals surface area contributed by atoms with E-state index in [-0.39, 0.29) is 17.4 Å².